The maximum Gasteiger partial charge on any atom is 0.193 e. The van der Waals surface area contributed by atoms with Crippen LogP contribution in [0.5, 0.6) is 5.75 Å². The van der Waals surface area contributed by atoms with Gasteiger partial charge in [-0.05, 0) is 93.4 Å². The highest BCUT2D eigenvalue weighted by atomic mass is 19.1. The first-order valence-electron chi connectivity index (χ1n) is 17.2. The van der Waals surface area contributed by atoms with E-state index in [4.69, 9.17) is 14.2 Å². The van der Waals surface area contributed by atoms with Crippen LogP contribution in [-0.4, -0.2) is 71.2 Å². The number of anilines is 1. The van der Waals surface area contributed by atoms with Crippen LogP contribution in [-0.2, 0) is 25.5 Å². The van der Waals surface area contributed by atoms with E-state index in [0.29, 0.717) is 12.0 Å². The molecule has 0 bridgehead atoms. The number of Topliss-reactive ketones (excluding diaryl/α,β-unsaturated/α-hetero) is 1. The molecular weight excluding hydrogens is 644 g/mol. The molecule has 1 aliphatic heterocycles. The number of halogens is 2. The summed E-state index contributed by atoms with van der Waals surface area (Å²) >= 11 is 0. The van der Waals surface area contributed by atoms with Crippen molar-refractivity contribution >= 4 is 17.3 Å². The van der Waals surface area contributed by atoms with E-state index in [1.807, 2.05) is 36.4 Å². The summed E-state index contributed by atoms with van der Waals surface area (Å²) < 4.78 is 52.2. The van der Waals surface area contributed by atoms with Crippen molar-refractivity contribution in [1.82, 2.24) is 0 Å². The Morgan fingerprint density at radius 2 is 1.80 bits per heavy atom. The fraction of sp³-hybridized carbons (Fsp3) is 0.550. The average Bonchev–Trinajstić information content (AvgIpc) is 3.57. The van der Waals surface area contributed by atoms with Crippen molar-refractivity contribution in [3.8, 4) is 5.75 Å². The average molecular weight is 694 g/mol. The number of fused-ring (bicyclic) bond motifs is 7. The minimum absolute atomic E-state index is 0. The number of allylic oxidation sites excluding steroid dienone is 4. The third-order valence-electron chi connectivity index (χ3n) is 12.3. The summed E-state index contributed by atoms with van der Waals surface area (Å²) in [7, 11) is 1.65. The van der Waals surface area contributed by atoms with E-state index in [1.165, 1.54) is 12.2 Å². The Kier molecular flexibility index (Phi) is 9.20. The monoisotopic (exact) mass is 693 g/mol. The van der Waals surface area contributed by atoms with Crippen LogP contribution in [0.3, 0.4) is 0 Å². The van der Waals surface area contributed by atoms with Gasteiger partial charge in [0.15, 0.2) is 29.1 Å². The van der Waals surface area contributed by atoms with Gasteiger partial charge in [0, 0.05) is 28.4 Å². The summed E-state index contributed by atoms with van der Waals surface area (Å²) in [5, 5.41) is 25.3. The van der Waals surface area contributed by atoms with Crippen LogP contribution in [0.25, 0.3) is 0 Å². The van der Waals surface area contributed by atoms with E-state index < -0.39 is 76.8 Å². The molecule has 270 valence electrons. The van der Waals surface area contributed by atoms with Crippen molar-refractivity contribution in [3.05, 3.63) is 83.0 Å². The summed E-state index contributed by atoms with van der Waals surface area (Å²) in [4.78, 5) is 26.0. The third-order valence-corrected chi connectivity index (χ3v) is 12.3. The number of methoxy groups -OCH3 is 1. The third kappa shape index (κ3) is 5.04. The van der Waals surface area contributed by atoms with Gasteiger partial charge < -0.3 is 29.7 Å². The zero-order chi connectivity index (χ0) is 35.1. The lowest BCUT2D eigenvalue weighted by Crippen LogP contribution is -2.70. The summed E-state index contributed by atoms with van der Waals surface area (Å²) in [6, 6.07) is 14.0. The predicted molar refractivity (Wildman–Crippen MR) is 185 cm³/mol. The number of hydrogen-bond donors (Lipinski definition) is 3. The normalized spacial score (nSPS) is 38.4. The lowest BCUT2D eigenvalue weighted by atomic mass is 9.44. The number of aliphatic hydroxyl groups excluding tert-OH is 2. The number of rotatable bonds is 8. The molecule has 1 heterocycles. The van der Waals surface area contributed by atoms with E-state index in [0.717, 1.165) is 28.6 Å². The molecule has 8 nitrogen and oxygen atoms in total. The molecule has 3 saturated carbocycles. The van der Waals surface area contributed by atoms with E-state index in [-0.39, 0.29) is 38.3 Å². The molecule has 2 aromatic carbocycles. The number of nitrogens with one attached hydrogen (secondary N) is 1. The van der Waals surface area contributed by atoms with Crippen molar-refractivity contribution in [2.45, 2.75) is 103 Å². The van der Waals surface area contributed by atoms with Gasteiger partial charge in [-0.15, -0.1) is 0 Å². The van der Waals surface area contributed by atoms with Crippen LogP contribution >= 0.6 is 0 Å². The second-order valence-electron chi connectivity index (χ2n) is 15.2. The topological polar surface area (TPSA) is 114 Å². The first-order valence-corrected chi connectivity index (χ1v) is 17.2. The van der Waals surface area contributed by atoms with Gasteiger partial charge in [-0.25, -0.2) is 8.78 Å². The number of carbonyl (C=O) groups is 2. The zero-order valence-corrected chi connectivity index (χ0v) is 28.5. The van der Waals surface area contributed by atoms with Crippen molar-refractivity contribution < 1.29 is 42.8 Å². The molecule has 0 aromatic heterocycles. The lowest BCUT2D eigenvalue weighted by molar-refractivity contribution is -0.235. The first kappa shape index (κ1) is 36.4. The first-order chi connectivity index (χ1) is 23.2. The molecule has 50 heavy (non-hydrogen) atoms. The van der Waals surface area contributed by atoms with Crippen LogP contribution in [0.15, 0.2) is 66.3 Å². The summed E-state index contributed by atoms with van der Waals surface area (Å²) in [5.74, 6) is -1.86. The standard InChI is InChI=1S/C39H45F2NO7.CH4/c1-21(2)42-30-11-8-23(15-31(30)47-5)14-22-6-9-24(10-7-22)35-48-34-18-26-27-17-29(40)28-16-25(44)12-13-36(28,3)38(27,41)32(45)19-37(26,4)39(34,49-35)33(46)20-43;/h6-13,15-16,21,26-27,29,32,34-35,42-43,45H,14,17-20H2,1-5H3;1H4/t26-,27-,29-,32-,34+,35-,36-,37-,38-,39+;/m0./s1. The molecule has 2 aromatic rings. The Hall–Kier alpha value is -3.44. The van der Waals surface area contributed by atoms with Crippen LogP contribution in [0.2, 0.25) is 0 Å². The summed E-state index contributed by atoms with van der Waals surface area (Å²) in [5.41, 5.74) is -2.95. The molecule has 0 spiro atoms. The largest absolute Gasteiger partial charge is 0.495 e. The Balaban J connectivity index is 0.00000432. The second kappa shape index (κ2) is 12.7. The Morgan fingerprint density at radius 3 is 2.46 bits per heavy atom. The molecule has 3 N–H and O–H groups in total. The molecule has 10 atom stereocenters. The van der Waals surface area contributed by atoms with Gasteiger partial charge in [0.05, 0.1) is 25.0 Å². The zero-order valence-electron chi connectivity index (χ0n) is 28.5. The van der Waals surface area contributed by atoms with E-state index in [2.05, 4.69) is 25.2 Å². The van der Waals surface area contributed by atoms with Gasteiger partial charge in [0.1, 0.15) is 18.5 Å². The smallest absolute Gasteiger partial charge is 0.193 e. The molecule has 7 rings (SSSR count). The van der Waals surface area contributed by atoms with Crippen LogP contribution in [0.1, 0.15) is 77.4 Å². The highest BCUT2D eigenvalue weighted by Crippen LogP contribution is 2.72. The number of aliphatic hydroxyl groups is 2. The number of ketones is 2. The molecule has 4 fully saturated rings. The van der Waals surface area contributed by atoms with Crippen LogP contribution < -0.4 is 10.1 Å². The minimum atomic E-state index is -2.30. The van der Waals surface area contributed by atoms with Gasteiger partial charge in [0.25, 0.3) is 0 Å². The molecular formula is C40H49F2NO7. The fourth-order valence-corrected chi connectivity index (χ4v) is 10.0. The quantitative estimate of drug-likeness (QED) is 0.292. The van der Waals surface area contributed by atoms with Gasteiger partial charge >= 0.3 is 0 Å². The number of carbonyl (C=O) groups excluding carboxylic acids is 2. The van der Waals surface area contributed by atoms with Crippen molar-refractivity contribution in [2.24, 2.45) is 22.7 Å². The van der Waals surface area contributed by atoms with E-state index in [9.17, 15) is 19.8 Å². The maximum atomic E-state index is 17.6. The highest BCUT2D eigenvalue weighted by Gasteiger charge is 2.80. The van der Waals surface area contributed by atoms with Crippen LogP contribution in [0, 0.1) is 22.7 Å². The number of alkyl halides is 2. The lowest BCUT2D eigenvalue weighted by Gasteiger charge is -2.63. The Morgan fingerprint density at radius 1 is 1.10 bits per heavy atom. The molecule has 0 amide bonds. The van der Waals surface area contributed by atoms with Gasteiger partial charge in [-0.2, -0.15) is 0 Å². The fourth-order valence-electron chi connectivity index (χ4n) is 10.0. The van der Waals surface area contributed by atoms with Crippen molar-refractivity contribution in [1.29, 1.82) is 0 Å². The van der Waals surface area contributed by atoms with E-state index >= 15 is 8.78 Å². The predicted octanol–water partition coefficient (Wildman–Crippen LogP) is 6.39. The van der Waals surface area contributed by atoms with Crippen molar-refractivity contribution in [3.63, 3.8) is 0 Å². The Labute approximate surface area is 292 Å². The van der Waals surface area contributed by atoms with Gasteiger partial charge in [-0.1, -0.05) is 50.8 Å². The van der Waals surface area contributed by atoms with Gasteiger partial charge in [0.2, 0.25) is 0 Å². The molecule has 0 unspecified atom stereocenters. The van der Waals surface area contributed by atoms with Gasteiger partial charge in [-0.3, -0.25) is 9.59 Å². The molecule has 10 heteroatoms. The molecule has 0 radical (unpaired) electrons. The molecule has 5 aliphatic rings. The Bertz CT molecular complexity index is 1730. The summed E-state index contributed by atoms with van der Waals surface area (Å²) in [6.07, 6.45) is -0.788. The van der Waals surface area contributed by atoms with Crippen LogP contribution in [0.4, 0.5) is 14.5 Å². The highest BCUT2D eigenvalue weighted by molar-refractivity contribution is 6.01. The molecule has 1 saturated heterocycles. The number of hydrogen-bond acceptors (Lipinski definition) is 8. The number of ether oxygens (including phenoxy) is 3. The summed E-state index contributed by atoms with van der Waals surface area (Å²) in [6.45, 7) is 6.62. The van der Waals surface area contributed by atoms with Crippen molar-refractivity contribution in [2.75, 3.05) is 19.0 Å². The SMILES string of the molecule is C.COc1cc(Cc2ccc([C@H]3O[C@@H]4C[C@H]5[C@@H]6C[C@H](F)C7=CC(=O)C=C[C@]7(C)[C@@]6(F)[C@@H](O)C[C@]5(C)[C@]4(C(=O)CO)O3)cc2)ccc1NC(C)C. The maximum absolute atomic E-state index is 17.6. The second-order valence-corrected chi connectivity index (χ2v) is 15.2. The minimum Gasteiger partial charge on any atom is -0.495 e. The molecule has 4 aliphatic carbocycles. The van der Waals surface area contributed by atoms with E-state index in [1.54, 1.807) is 21.0 Å². The number of benzene rings is 2.